The van der Waals surface area contributed by atoms with Gasteiger partial charge in [-0.1, -0.05) is 38.1 Å². The molecule has 5 atom stereocenters. The number of aliphatic hydroxyl groups excluding tert-OH is 1. The molecule has 2 bridgehead atoms. The van der Waals surface area contributed by atoms with Gasteiger partial charge in [-0.05, 0) is 106 Å². The molecule has 9 aromatic rings. The van der Waals surface area contributed by atoms with Crippen LogP contribution in [0.15, 0.2) is 78.0 Å². The number of rotatable bonds is 20. The van der Waals surface area contributed by atoms with Crippen molar-refractivity contribution in [1.82, 2.24) is 65.1 Å². The number of fused-ring (bicyclic) bond motifs is 7. The summed E-state index contributed by atoms with van der Waals surface area (Å²) in [5.41, 5.74) is 7.59. The number of likely N-dealkylation sites (tertiary alicyclic amines) is 1. The highest BCUT2D eigenvalue weighted by Crippen LogP contribution is 2.54. The minimum absolute atomic E-state index is 0.0345. The van der Waals surface area contributed by atoms with Gasteiger partial charge >= 0.3 is 6.01 Å². The number of hydrogen-bond acceptors (Lipinski definition) is 16. The molecule has 4 saturated heterocycles. The maximum absolute atomic E-state index is 16.3. The van der Waals surface area contributed by atoms with Gasteiger partial charge in [0.05, 0.1) is 36.7 Å². The summed E-state index contributed by atoms with van der Waals surface area (Å²) >= 11 is 0. The number of β-amino-alcohol motifs (C(OH)–C–C–N with tert-alkyl or cyclic N) is 1. The fourth-order valence-electron chi connectivity index (χ4n) is 13.8. The Kier molecular flexibility index (Phi) is 15.6. The Morgan fingerprint density at radius 2 is 1.78 bits per heavy atom. The summed E-state index contributed by atoms with van der Waals surface area (Å²) in [7, 11) is 3.95. The number of carbonyl (C=O) groups is 2. The molecule has 0 radical (unpaired) electrons. The van der Waals surface area contributed by atoms with Gasteiger partial charge in [-0.15, -0.1) is 0 Å². The van der Waals surface area contributed by atoms with E-state index in [0.29, 0.717) is 102 Å². The number of hydrogen-bond donors (Lipinski definition) is 5. The third-order valence-corrected chi connectivity index (χ3v) is 18.5. The molecule has 5 N–H and O–H groups in total. The molecule has 1 saturated carbocycles. The van der Waals surface area contributed by atoms with Gasteiger partial charge in [-0.25, -0.2) is 4.39 Å². The van der Waals surface area contributed by atoms with E-state index >= 15 is 4.39 Å². The van der Waals surface area contributed by atoms with Crippen LogP contribution in [0.25, 0.3) is 66.0 Å². The van der Waals surface area contributed by atoms with E-state index in [1.54, 1.807) is 25.5 Å². The number of anilines is 1. The standard InChI is InChI=1S/C66H75FN14O8/c1-7-80-53(14-17-71-80)39-11-12-40(55(23-39)87-21-18-77(5)6)28-69-63(83)54-25-43(82)32-79(54)65(85)60(35(2)3)81-33-49-45-13-8-37(22-51(45)72-64(84)59(49)76-81)34-88-61-57(56-36(4)50(67)27-52-48(56)30-70-75-52)46(38-9-10-38)26-47-58(61)73-66(89-44-15-19-86-20-16-44)74-62(47)78-31-41-24-42(78)29-68-41/h8,11-14,17,22-23,26-27,30,33,35,38,41-44,54,60,68,82H,7,9-10,15-16,18-21,24-25,28-29,31-32,34H2,1-6H3,(H,69,83)(H,70,75)(H,72,84)/t41-,42-,43+,54-,60-/m0/s1. The second-order valence-electron chi connectivity index (χ2n) is 25.2. The van der Waals surface area contributed by atoms with E-state index in [2.05, 4.69) is 41.9 Å². The number of nitrogens with one attached hydrogen (secondary N) is 4. The average molecular weight is 1210 g/mol. The van der Waals surface area contributed by atoms with Crippen LogP contribution in [0, 0.1) is 18.7 Å². The summed E-state index contributed by atoms with van der Waals surface area (Å²) in [6, 6.07) is 16.1. The molecule has 23 heteroatoms. The molecule has 1 aliphatic carbocycles. The molecule has 0 spiro atoms. The molecule has 9 heterocycles. The maximum Gasteiger partial charge on any atom is 0.319 e. The summed E-state index contributed by atoms with van der Waals surface area (Å²) < 4.78 is 45.6. The number of aryl methyl sites for hydroxylation is 1. The van der Waals surface area contributed by atoms with Gasteiger partial charge in [0.1, 0.15) is 54.3 Å². The van der Waals surface area contributed by atoms with Crippen LogP contribution in [0.3, 0.4) is 0 Å². The maximum atomic E-state index is 16.3. The topological polar surface area (TPSA) is 248 Å². The number of H-pyrrole nitrogens is 2. The SMILES string of the molecule is CCn1nccc1-c1ccc(CNC(=O)[C@@H]2C[C@@H](O)CN2C(=O)[C@H](C(C)C)n2cc3c(n2)c(=O)[nH]c2cc(COc4c(-c5c(C)c(F)cc6[nH]ncc56)c(C5CC5)cc5c(N6C[C@@H]7C[C@H]6CN7)nc(OC6CCOCC6)nc45)ccc23)c(OCCN(C)C)c1. The first-order valence-electron chi connectivity index (χ1n) is 31.3. The van der Waals surface area contributed by atoms with Crippen LogP contribution >= 0.6 is 0 Å². The summed E-state index contributed by atoms with van der Waals surface area (Å²) in [6.45, 7) is 12.3. The van der Waals surface area contributed by atoms with Crippen molar-refractivity contribution in [2.45, 2.75) is 128 Å². The van der Waals surface area contributed by atoms with E-state index in [-0.39, 0.29) is 67.4 Å². The summed E-state index contributed by atoms with van der Waals surface area (Å²) in [4.78, 5) is 62.9. The number of aromatic nitrogens is 9. The lowest BCUT2D eigenvalue weighted by molar-refractivity contribution is -0.142. The Hall–Kier alpha value is -8.51. The zero-order valence-corrected chi connectivity index (χ0v) is 51.0. The highest BCUT2D eigenvalue weighted by atomic mass is 19.1. The smallest absolute Gasteiger partial charge is 0.319 e. The Labute approximate surface area is 513 Å². The molecule has 464 valence electrons. The first kappa shape index (κ1) is 58.2. The monoisotopic (exact) mass is 1210 g/mol. The molecule has 89 heavy (non-hydrogen) atoms. The second kappa shape index (κ2) is 23.8. The number of pyridine rings is 1. The van der Waals surface area contributed by atoms with Crippen molar-refractivity contribution in [3.8, 4) is 39.9 Å². The highest BCUT2D eigenvalue weighted by molar-refractivity contribution is 6.07. The number of benzene rings is 4. The van der Waals surface area contributed by atoms with Gasteiger partial charge in [0.2, 0.25) is 11.8 Å². The first-order chi connectivity index (χ1) is 43.2. The molecular weight excluding hydrogens is 1140 g/mol. The number of likely N-dealkylation sites (N-methyl/N-ethyl adjacent to an activating group) is 1. The predicted octanol–water partition coefficient (Wildman–Crippen LogP) is 7.68. The molecular formula is C66H75FN14O8. The Morgan fingerprint density at radius 1 is 0.933 bits per heavy atom. The third kappa shape index (κ3) is 11.1. The van der Waals surface area contributed by atoms with Gasteiger partial charge in [-0.3, -0.25) is 28.8 Å². The highest BCUT2D eigenvalue weighted by Gasteiger charge is 2.44. The van der Waals surface area contributed by atoms with Crippen LogP contribution in [0.4, 0.5) is 10.2 Å². The average Bonchev–Trinajstić information content (AvgIpc) is 1.78. The lowest BCUT2D eigenvalue weighted by Gasteiger charge is -2.31. The van der Waals surface area contributed by atoms with Gasteiger partial charge in [0, 0.05) is 132 Å². The fraction of sp³-hybridized carbons (Fsp3) is 0.455. The number of ether oxygens (including phenoxy) is 4. The molecule has 4 aromatic carbocycles. The molecule has 22 nitrogen and oxygen atoms in total. The Balaban J connectivity index is 0.776. The van der Waals surface area contributed by atoms with Crippen molar-refractivity contribution in [3.05, 3.63) is 112 Å². The van der Waals surface area contributed by atoms with Crippen molar-refractivity contribution in [2.75, 3.05) is 65.0 Å². The van der Waals surface area contributed by atoms with Crippen molar-refractivity contribution in [3.63, 3.8) is 0 Å². The number of carbonyl (C=O) groups excluding carboxylic acids is 2. The number of aliphatic hydroxyl groups is 1. The van der Waals surface area contributed by atoms with E-state index in [4.69, 9.17) is 34.0 Å². The molecule has 5 aromatic heterocycles. The number of nitrogens with zero attached hydrogens (tertiary/aromatic N) is 10. The normalized spacial score (nSPS) is 19.9. The molecule has 14 rings (SSSR count). The Morgan fingerprint density at radius 3 is 2.54 bits per heavy atom. The van der Waals surface area contributed by atoms with E-state index in [1.807, 2.05) is 86.9 Å². The lowest BCUT2D eigenvalue weighted by atomic mass is 9.88. The van der Waals surface area contributed by atoms with E-state index in [0.717, 1.165) is 82.5 Å². The first-order valence-corrected chi connectivity index (χ1v) is 31.3. The number of aromatic amines is 2. The van der Waals surface area contributed by atoms with Crippen LogP contribution in [-0.4, -0.2) is 162 Å². The van der Waals surface area contributed by atoms with Crippen molar-refractivity contribution in [2.24, 2.45) is 5.92 Å². The summed E-state index contributed by atoms with van der Waals surface area (Å²) in [6.07, 6.45) is 8.49. The predicted molar refractivity (Wildman–Crippen MR) is 335 cm³/mol. The lowest BCUT2D eigenvalue weighted by Crippen LogP contribution is -2.49. The van der Waals surface area contributed by atoms with Gasteiger partial charge in [-0.2, -0.15) is 25.3 Å². The second-order valence-corrected chi connectivity index (χ2v) is 25.2. The summed E-state index contributed by atoms with van der Waals surface area (Å²) in [5, 5.41) is 37.2. The van der Waals surface area contributed by atoms with Gasteiger partial charge in [0.15, 0.2) is 11.3 Å². The molecule has 2 amide bonds. The minimum Gasteiger partial charge on any atom is -0.492 e. The zero-order chi connectivity index (χ0) is 61.4. The van der Waals surface area contributed by atoms with Crippen molar-refractivity contribution >= 4 is 61.2 Å². The van der Waals surface area contributed by atoms with E-state index in [1.165, 1.54) is 15.6 Å². The largest absolute Gasteiger partial charge is 0.492 e. The molecule has 4 aliphatic heterocycles. The minimum atomic E-state index is -0.973. The van der Waals surface area contributed by atoms with Gasteiger partial charge < -0.3 is 54.4 Å². The number of halogens is 1. The molecule has 5 aliphatic rings. The van der Waals surface area contributed by atoms with E-state index < -0.39 is 35.6 Å². The van der Waals surface area contributed by atoms with Gasteiger partial charge in [0.25, 0.3) is 5.56 Å². The number of amides is 2. The van der Waals surface area contributed by atoms with Crippen LogP contribution in [0.5, 0.6) is 17.5 Å². The van der Waals surface area contributed by atoms with E-state index in [9.17, 15) is 19.5 Å². The number of piperazine rings is 1. The fourth-order valence-corrected chi connectivity index (χ4v) is 13.8. The Bertz CT molecular complexity index is 4260. The quantitative estimate of drug-likeness (QED) is 0.0491. The van der Waals surface area contributed by atoms with Crippen LogP contribution in [-0.2, 0) is 34.0 Å². The summed E-state index contributed by atoms with van der Waals surface area (Å²) in [5.74, 6) is 0.526. The molecule has 5 fully saturated rings. The zero-order valence-electron chi connectivity index (χ0n) is 51.0. The van der Waals surface area contributed by atoms with Crippen molar-refractivity contribution < 1.29 is 38.0 Å². The van der Waals surface area contributed by atoms with Crippen LogP contribution in [0.2, 0.25) is 0 Å². The van der Waals surface area contributed by atoms with Crippen molar-refractivity contribution in [1.29, 1.82) is 0 Å². The third-order valence-electron chi connectivity index (χ3n) is 18.5. The van der Waals surface area contributed by atoms with Crippen LogP contribution in [0.1, 0.15) is 93.5 Å². The molecule has 0 unspecified atom stereocenters. The van der Waals surface area contributed by atoms with Crippen LogP contribution < -0.4 is 35.3 Å².